The monoisotopic (exact) mass is 432 g/mol. The highest BCUT2D eigenvalue weighted by molar-refractivity contribution is 6.35. The number of carbonyl (C=O) groups excluding carboxylic acids is 1. The number of aromatic nitrogens is 3. The molecule has 0 spiro atoms. The molecule has 4 rings (SSSR count). The number of anilines is 2. The second-order valence-corrected chi connectivity index (χ2v) is 8.07. The predicted octanol–water partition coefficient (Wildman–Crippen LogP) is 3.80. The number of piperidine rings is 1. The van der Waals surface area contributed by atoms with Crippen LogP contribution < -0.4 is 10.2 Å². The van der Waals surface area contributed by atoms with E-state index in [1.54, 1.807) is 24.5 Å². The molecule has 1 amide bonds. The number of hydrogen-bond donors (Lipinski definition) is 2. The number of likely N-dealkylation sites (tertiary alicyclic amines) is 1. The Hall–Kier alpha value is -2.51. The Balaban J connectivity index is 1.41. The molecule has 1 atom stereocenters. The van der Waals surface area contributed by atoms with E-state index in [2.05, 4.69) is 25.2 Å². The molecule has 0 bridgehead atoms. The van der Waals surface area contributed by atoms with Crippen molar-refractivity contribution in [2.75, 3.05) is 36.9 Å². The summed E-state index contributed by atoms with van der Waals surface area (Å²) in [5.74, 6) is 0.927. The molecule has 152 valence electrons. The van der Waals surface area contributed by atoms with Crippen LogP contribution in [-0.2, 0) is 4.79 Å². The first-order chi connectivity index (χ1) is 14.0. The number of rotatable bonds is 5. The highest BCUT2D eigenvalue weighted by atomic mass is 35.5. The van der Waals surface area contributed by atoms with Gasteiger partial charge >= 0.3 is 0 Å². The molecular formula is C20H22Cl2N6O. The quantitative estimate of drug-likeness (QED) is 0.640. The van der Waals surface area contributed by atoms with E-state index in [4.69, 9.17) is 23.2 Å². The predicted molar refractivity (Wildman–Crippen MR) is 117 cm³/mol. The van der Waals surface area contributed by atoms with Crippen molar-refractivity contribution in [2.24, 2.45) is 0 Å². The second kappa shape index (κ2) is 8.47. The van der Waals surface area contributed by atoms with Gasteiger partial charge in [0, 0.05) is 48.1 Å². The van der Waals surface area contributed by atoms with Crippen LogP contribution >= 0.6 is 23.2 Å². The molecule has 0 aliphatic carbocycles. The van der Waals surface area contributed by atoms with Crippen LogP contribution in [0.1, 0.15) is 12.8 Å². The topological polar surface area (TPSA) is 77.2 Å². The lowest BCUT2D eigenvalue weighted by atomic mass is 10.0. The summed E-state index contributed by atoms with van der Waals surface area (Å²) in [4.78, 5) is 28.7. The van der Waals surface area contributed by atoms with Crippen LogP contribution in [0.2, 0.25) is 10.0 Å². The number of fused-ring (bicyclic) bond motifs is 1. The second-order valence-electron chi connectivity index (χ2n) is 7.20. The number of benzene rings is 1. The Morgan fingerprint density at radius 2 is 2.10 bits per heavy atom. The van der Waals surface area contributed by atoms with Gasteiger partial charge in [0.1, 0.15) is 17.8 Å². The van der Waals surface area contributed by atoms with E-state index in [0.29, 0.717) is 16.6 Å². The minimum atomic E-state index is 0.0497. The summed E-state index contributed by atoms with van der Waals surface area (Å²) in [6.45, 7) is 1.61. The number of likely N-dealkylation sites (N-methyl/N-ethyl adjacent to an activating group) is 1. The highest BCUT2D eigenvalue weighted by Crippen LogP contribution is 2.26. The molecule has 1 aliphatic rings. The fourth-order valence-corrected chi connectivity index (χ4v) is 4.28. The molecule has 2 N–H and O–H groups in total. The molecule has 0 saturated carbocycles. The Kier molecular flexibility index (Phi) is 5.78. The van der Waals surface area contributed by atoms with Crippen molar-refractivity contribution < 1.29 is 4.79 Å². The van der Waals surface area contributed by atoms with E-state index in [-0.39, 0.29) is 18.5 Å². The zero-order valence-corrected chi connectivity index (χ0v) is 17.5. The van der Waals surface area contributed by atoms with Crippen LogP contribution in [0, 0.1) is 0 Å². The van der Waals surface area contributed by atoms with Crippen LogP contribution in [0.15, 0.2) is 36.8 Å². The van der Waals surface area contributed by atoms with Crippen LogP contribution in [0.5, 0.6) is 0 Å². The number of aromatic amines is 1. The van der Waals surface area contributed by atoms with E-state index < -0.39 is 0 Å². The van der Waals surface area contributed by atoms with Gasteiger partial charge in [-0.2, -0.15) is 0 Å². The molecule has 1 aromatic carbocycles. The number of halogens is 2. The summed E-state index contributed by atoms with van der Waals surface area (Å²) < 4.78 is 0. The first kappa shape index (κ1) is 19.8. The van der Waals surface area contributed by atoms with Gasteiger partial charge in [-0.1, -0.05) is 23.2 Å². The van der Waals surface area contributed by atoms with E-state index in [0.717, 1.165) is 41.9 Å². The van der Waals surface area contributed by atoms with Gasteiger partial charge in [-0.05, 0) is 37.1 Å². The fourth-order valence-electron chi connectivity index (χ4n) is 3.76. The molecule has 2 aromatic heterocycles. The van der Waals surface area contributed by atoms with Gasteiger partial charge in [-0.15, -0.1) is 0 Å². The minimum Gasteiger partial charge on any atom is -0.376 e. The molecule has 1 aliphatic heterocycles. The molecule has 29 heavy (non-hydrogen) atoms. The van der Waals surface area contributed by atoms with Gasteiger partial charge in [0.25, 0.3) is 0 Å². The molecule has 3 heterocycles. The third-order valence-electron chi connectivity index (χ3n) is 5.27. The maximum absolute atomic E-state index is 12.8. The molecule has 0 unspecified atom stereocenters. The maximum Gasteiger partial charge on any atom is 0.241 e. The van der Waals surface area contributed by atoms with Gasteiger partial charge in [0.15, 0.2) is 0 Å². The van der Waals surface area contributed by atoms with Crippen molar-refractivity contribution in [2.45, 2.75) is 18.9 Å². The van der Waals surface area contributed by atoms with Gasteiger partial charge in [-0.25, -0.2) is 9.97 Å². The third kappa shape index (κ3) is 4.41. The normalized spacial score (nSPS) is 16.8. The van der Waals surface area contributed by atoms with Crippen molar-refractivity contribution >= 4 is 51.6 Å². The molecule has 3 aromatic rings. The standard InChI is InChI=1S/C20H22Cl2N6O/c1-27(20-17-4-5-23-19(17)25-12-26-20)16-3-2-6-28(11-16)18(29)10-24-15-8-13(21)7-14(22)9-15/h4-5,7-9,12,16,24H,2-3,6,10-11H2,1H3,(H,23,25,26)/t16-/m0/s1. The van der Waals surface area contributed by atoms with E-state index in [1.807, 2.05) is 24.2 Å². The van der Waals surface area contributed by atoms with Gasteiger partial charge < -0.3 is 20.1 Å². The Labute approximate surface area is 179 Å². The average molecular weight is 433 g/mol. The minimum absolute atomic E-state index is 0.0497. The lowest BCUT2D eigenvalue weighted by Gasteiger charge is -2.38. The molecular weight excluding hydrogens is 411 g/mol. The highest BCUT2D eigenvalue weighted by Gasteiger charge is 2.27. The molecule has 1 fully saturated rings. The first-order valence-corrected chi connectivity index (χ1v) is 10.3. The number of H-pyrrole nitrogens is 1. The molecule has 1 saturated heterocycles. The van der Waals surface area contributed by atoms with Crippen LogP contribution in [0.4, 0.5) is 11.5 Å². The number of nitrogens with zero attached hydrogens (tertiary/aromatic N) is 4. The Morgan fingerprint density at radius 3 is 2.90 bits per heavy atom. The van der Waals surface area contributed by atoms with Crippen LogP contribution in [0.3, 0.4) is 0 Å². The largest absolute Gasteiger partial charge is 0.376 e. The summed E-state index contributed by atoms with van der Waals surface area (Å²) in [6.07, 6.45) is 5.39. The maximum atomic E-state index is 12.8. The number of hydrogen-bond acceptors (Lipinski definition) is 5. The zero-order valence-electron chi connectivity index (χ0n) is 16.0. The summed E-state index contributed by atoms with van der Waals surface area (Å²) in [7, 11) is 2.03. The third-order valence-corrected chi connectivity index (χ3v) is 5.71. The average Bonchev–Trinajstić information content (AvgIpc) is 3.20. The van der Waals surface area contributed by atoms with Crippen molar-refractivity contribution in [1.29, 1.82) is 0 Å². The molecule has 0 radical (unpaired) electrons. The van der Waals surface area contributed by atoms with Gasteiger partial charge in [0.2, 0.25) is 5.91 Å². The van der Waals surface area contributed by atoms with E-state index >= 15 is 0 Å². The Bertz CT molecular complexity index is 1000. The first-order valence-electron chi connectivity index (χ1n) is 9.50. The SMILES string of the molecule is CN(c1ncnc2[nH]ccc12)[C@H]1CCCN(C(=O)CNc2cc(Cl)cc(Cl)c2)C1. The lowest BCUT2D eigenvalue weighted by Crippen LogP contribution is -2.50. The number of nitrogens with one attached hydrogen (secondary N) is 2. The Morgan fingerprint density at radius 1 is 1.31 bits per heavy atom. The van der Waals surface area contributed by atoms with Crippen molar-refractivity contribution in [3.8, 4) is 0 Å². The van der Waals surface area contributed by atoms with E-state index in [1.165, 1.54) is 0 Å². The zero-order chi connectivity index (χ0) is 20.4. The number of carbonyl (C=O) groups is 1. The molecule has 9 heteroatoms. The van der Waals surface area contributed by atoms with Crippen LogP contribution in [-0.4, -0.2) is 58.5 Å². The number of amides is 1. The summed E-state index contributed by atoms with van der Waals surface area (Å²) in [5.41, 5.74) is 1.55. The smallest absolute Gasteiger partial charge is 0.241 e. The van der Waals surface area contributed by atoms with Gasteiger partial charge in [-0.3, -0.25) is 4.79 Å². The van der Waals surface area contributed by atoms with Crippen molar-refractivity contribution in [1.82, 2.24) is 19.9 Å². The van der Waals surface area contributed by atoms with Crippen molar-refractivity contribution in [3.05, 3.63) is 46.8 Å². The summed E-state index contributed by atoms with van der Waals surface area (Å²) >= 11 is 12.0. The van der Waals surface area contributed by atoms with Crippen LogP contribution in [0.25, 0.3) is 11.0 Å². The summed E-state index contributed by atoms with van der Waals surface area (Å²) in [5, 5.41) is 5.18. The van der Waals surface area contributed by atoms with Crippen molar-refractivity contribution in [3.63, 3.8) is 0 Å². The lowest BCUT2D eigenvalue weighted by molar-refractivity contribution is -0.130. The fraction of sp³-hybridized carbons (Fsp3) is 0.350. The molecule has 7 nitrogen and oxygen atoms in total. The van der Waals surface area contributed by atoms with Gasteiger partial charge in [0.05, 0.1) is 11.9 Å². The summed E-state index contributed by atoms with van der Waals surface area (Å²) in [6, 6.07) is 7.35. The van der Waals surface area contributed by atoms with E-state index in [9.17, 15) is 4.79 Å².